The van der Waals surface area contributed by atoms with E-state index in [4.69, 9.17) is 16.3 Å². The van der Waals surface area contributed by atoms with Gasteiger partial charge in [-0.05, 0) is 50.8 Å². The molecule has 0 bridgehead atoms. The number of ketones is 1. The number of Topliss-reactive ketones (excluding diaryl/α,β-unsaturated/α-hetero) is 1. The molecule has 1 aromatic carbocycles. The van der Waals surface area contributed by atoms with Crippen LogP contribution in [0.4, 0.5) is 0 Å². The fourth-order valence-electron chi connectivity index (χ4n) is 2.35. The van der Waals surface area contributed by atoms with Crippen molar-refractivity contribution >= 4 is 17.4 Å². The van der Waals surface area contributed by atoms with Gasteiger partial charge >= 0.3 is 0 Å². The minimum absolute atomic E-state index is 0.0258. The standard InChI is InChI=1S/C15H19ClO2/c1-11(17)12-8-9-15(14(16)10-12)18-13-6-4-2-3-5-7-13/h8-10,13H,2-7H2,1H3. The Balaban J connectivity index is 2.06. The molecule has 0 aliphatic heterocycles. The third-order valence-corrected chi connectivity index (χ3v) is 3.73. The van der Waals surface area contributed by atoms with Crippen molar-refractivity contribution in [2.75, 3.05) is 0 Å². The SMILES string of the molecule is CC(=O)c1ccc(OC2CCCCCC2)c(Cl)c1. The van der Waals surface area contributed by atoms with Gasteiger partial charge in [-0.15, -0.1) is 0 Å². The van der Waals surface area contributed by atoms with Crippen molar-refractivity contribution in [2.24, 2.45) is 0 Å². The first-order valence-corrected chi connectivity index (χ1v) is 7.02. The van der Waals surface area contributed by atoms with Crippen molar-refractivity contribution in [1.29, 1.82) is 0 Å². The fourth-order valence-corrected chi connectivity index (χ4v) is 2.58. The molecule has 0 unspecified atom stereocenters. The van der Waals surface area contributed by atoms with Crippen molar-refractivity contribution in [3.8, 4) is 5.75 Å². The molecule has 0 saturated heterocycles. The number of carbonyl (C=O) groups is 1. The molecule has 0 N–H and O–H groups in total. The van der Waals surface area contributed by atoms with Crippen molar-refractivity contribution in [3.05, 3.63) is 28.8 Å². The Morgan fingerprint density at radius 3 is 2.44 bits per heavy atom. The van der Waals surface area contributed by atoms with E-state index in [0.717, 1.165) is 12.8 Å². The average Bonchev–Trinajstić information content (AvgIpc) is 2.60. The van der Waals surface area contributed by atoms with Gasteiger partial charge in [0, 0.05) is 5.56 Å². The van der Waals surface area contributed by atoms with Crippen LogP contribution in [0.25, 0.3) is 0 Å². The first-order valence-electron chi connectivity index (χ1n) is 6.64. The molecule has 3 heteroatoms. The molecule has 0 spiro atoms. The molecular weight excluding hydrogens is 248 g/mol. The Labute approximate surface area is 113 Å². The van der Waals surface area contributed by atoms with Gasteiger partial charge in [0.2, 0.25) is 0 Å². The fraction of sp³-hybridized carbons (Fsp3) is 0.533. The lowest BCUT2D eigenvalue weighted by atomic mass is 10.1. The minimum Gasteiger partial charge on any atom is -0.489 e. The Morgan fingerprint density at radius 2 is 1.89 bits per heavy atom. The van der Waals surface area contributed by atoms with E-state index in [9.17, 15) is 4.79 Å². The van der Waals surface area contributed by atoms with Crippen molar-refractivity contribution in [1.82, 2.24) is 0 Å². The van der Waals surface area contributed by atoms with Crippen LogP contribution in [0.15, 0.2) is 18.2 Å². The van der Waals surface area contributed by atoms with Crippen LogP contribution in [0.3, 0.4) is 0 Å². The molecule has 1 fully saturated rings. The summed E-state index contributed by atoms with van der Waals surface area (Å²) in [5.74, 6) is 0.728. The summed E-state index contributed by atoms with van der Waals surface area (Å²) >= 11 is 6.16. The molecule has 2 rings (SSSR count). The average molecular weight is 267 g/mol. The summed E-state index contributed by atoms with van der Waals surface area (Å²) in [5, 5.41) is 0.534. The van der Waals surface area contributed by atoms with E-state index in [1.807, 2.05) is 6.07 Å². The Hall–Kier alpha value is -1.02. The van der Waals surface area contributed by atoms with Crippen LogP contribution < -0.4 is 4.74 Å². The lowest BCUT2D eigenvalue weighted by Crippen LogP contribution is -2.15. The monoisotopic (exact) mass is 266 g/mol. The highest BCUT2D eigenvalue weighted by molar-refractivity contribution is 6.32. The summed E-state index contributed by atoms with van der Waals surface area (Å²) in [6, 6.07) is 5.28. The molecule has 98 valence electrons. The van der Waals surface area contributed by atoms with Crippen LogP contribution >= 0.6 is 11.6 Å². The minimum atomic E-state index is 0.0258. The second-order valence-corrected chi connectivity index (χ2v) is 5.34. The number of hydrogen-bond donors (Lipinski definition) is 0. The van der Waals surface area contributed by atoms with Crippen LogP contribution in [0.2, 0.25) is 5.02 Å². The van der Waals surface area contributed by atoms with E-state index < -0.39 is 0 Å². The van der Waals surface area contributed by atoms with E-state index in [1.54, 1.807) is 12.1 Å². The van der Waals surface area contributed by atoms with Gasteiger partial charge in [0.05, 0.1) is 11.1 Å². The van der Waals surface area contributed by atoms with E-state index in [1.165, 1.54) is 32.6 Å². The molecule has 2 nitrogen and oxygen atoms in total. The molecule has 0 amide bonds. The van der Waals surface area contributed by atoms with E-state index in [0.29, 0.717) is 16.3 Å². The molecule has 1 aromatic rings. The maximum absolute atomic E-state index is 11.2. The van der Waals surface area contributed by atoms with Crippen molar-refractivity contribution in [2.45, 2.75) is 51.6 Å². The summed E-state index contributed by atoms with van der Waals surface area (Å²) in [7, 11) is 0. The molecule has 1 aliphatic rings. The Kier molecular flexibility index (Phi) is 4.65. The predicted octanol–water partition coefficient (Wildman–Crippen LogP) is 4.64. The van der Waals surface area contributed by atoms with E-state index >= 15 is 0 Å². The number of rotatable bonds is 3. The zero-order valence-electron chi connectivity index (χ0n) is 10.7. The number of benzene rings is 1. The quantitative estimate of drug-likeness (QED) is 0.588. The van der Waals surface area contributed by atoms with Gasteiger partial charge < -0.3 is 4.74 Å². The second kappa shape index (κ2) is 6.24. The largest absolute Gasteiger partial charge is 0.489 e. The van der Waals surface area contributed by atoms with E-state index in [2.05, 4.69) is 0 Å². The number of carbonyl (C=O) groups excluding carboxylic acids is 1. The molecule has 0 radical (unpaired) electrons. The number of hydrogen-bond acceptors (Lipinski definition) is 2. The van der Waals surface area contributed by atoms with Gasteiger partial charge in [0.1, 0.15) is 5.75 Å². The van der Waals surface area contributed by atoms with Gasteiger partial charge in [0.15, 0.2) is 5.78 Å². The van der Waals surface area contributed by atoms with Crippen LogP contribution in [0, 0.1) is 0 Å². The maximum Gasteiger partial charge on any atom is 0.159 e. The second-order valence-electron chi connectivity index (χ2n) is 4.93. The molecule has 1 saturated carbocycles. The lowest BCUT2D eigenvalue weighted by Gasteiger charge is -2.18. The molecule has 0 atom stereocenters. The van der Waals surface area contributed by atoms with Gasteiger partial charge in [0.25, 0.3) is 0 Å². The molecule has 1 aliphatic carbocycles. The molecular formula is C15H19ClO2. The summed E-state index contributed by atoms with van der Waals surface area (Å²) < 4.78 is 5.96. The third-order valence-electron chi connectivity index (χ3n) is 3.43. The molecule has 0 aromatic heterocycles. The van der Waals surface area contributed by atoms with Crippen molar-refractivity contribution < 1.29 is 9.53 Å². The summed E-state index contributed by atoms with van der Waals surface area (Å²) in [6.07, 6.45) is 7.54. The van der Waals surface area contributed by atoms with Crippen LogP contribution in [0.1, 0.15) is 55.8 Å². The smallest absolute Gasteiger partial charge is 0.159 e. The summed E-state index contributed by atoms with van der Waals surface area (Å²) in [5.41, 5.74) is 0.633. The van der Waals surface area contributed by atoms with Crippen molar-refractivity contribution in [3.63, 3.8) is 0 Å². The van der Waals surface area contributed by atoms with Gasteiger partial charge in [-0.2, -0.15) is 0 Å². The first kappa shape index (κ1) is 13.4. The number of halogens is 1. The van der Waals surface area contributed by atoms with Gasteiger partial charge in [-0.1, -0.05) is 24.4 Å². The summed E-state index contributed by atoms with van der Waals surface area (Å²) in [4.78, 5) is 11.2. The lowest BCUT2D eigenvalue weighted by molar-refractivity contribution is 0.101. The van der Waals surface area contributed by atoms with Gasteiger partial charge in [-0.25, -0.2) is 0 Å². The van der Waals surface area contributed by atoms with Crippen LogP contribution in [-0.4, -0.2) is 11.9 Å². The first-order chi connectivity index (χ1) is 8.66. The highest BCUT2D eigenvalue weighted by atomic mass is 35.5. The molecule has 18 heavy (non-hydrogen) atoms. The Bertz CT molecular complexity index is 421. The van der Waals surface area contributed by atoms with Crippen LogP contribution in [-0.2, 0) is 0 Å². The number of ether oxygens (including phenoxy) is 1. The predicted molar refractivity (Wildman–Crippen MR) is 73.6 cm³/mol. The molecule has 0 heterocycles. The van der Waals surface area contributed by atoms with E-state index in [-0.39, 0.29) is 11.9 Å². The third kappa shape index (κ3) is 3.49. The maximum atomic E-state index is 11.2. The topological polar surface area (TPSA) is 26.3 Å². The zero-order chi connectivity index (χ0) is 13.0. The zero-order valence-corrected chi connectivity index (χ0v) is 11.5. The highest BCUT2D eigenvalue weighted by Gasteiger charge is 2.15. The highest BCUT2D eigenvalue weighted by Crippen LogP contribution is 2.29. The van der Waals surface area contributed by atoms with Gasteiger partial charge in [-0.3, -0.25) is 4.79 Å². The Morgan fingerprint density at radius 1 is 1.22 bits per heavy atom. The normalized spacial score (nSPS) is 17.2. The summed E-state index contributed by atoms with van der Waals surface area (Å²) in [6.45, 7) is 1.54. The van der Waals surface area contributed by atoms with Crippen LogP contribution in [0.5, 0.6) is 5.75 Å².